The summed E-state index contributed by atoms with van der Waals surface area (Å²) in [6.07, 6.45) is 0. The molecule has 3 rings (SSSR count). The molecule has 0 fully saturated rings. The van der Waals surface area contributed by atoms with Crippen molar-refractivity contribution in [2.24, 2.45) is 0 Å². The third kappa shape index (κ3) is 3.85. The number of benzene rings is 2. The number of carbonyl (C=O) groups is 1. The summed E-state index contributed by atoms with van der Waals surface area (Å²) in [7, 11) is 3.14. The second-order valence-electron chi connectivity index (χ2n) is 5.70. The van der Waals surface area contributed by atoms with Gasteiger partial charge in [-0.05, 0) is 37.3 Å². The van der Waals surface area contributed by atoms with Crippen molar-refractivity contribution in [3.05, 3.63) is 65.4 Å². The molecule has 0 saturated carbocycles. The van der Waals surface area contributed by atoms with Crippen molar-refractivity contribution in [1.82, 2.24) is 5.16 Å². The molecule has 0 bridgehead atoms. The van der Waals surface area contributed by atoms with E-state index in [0.29, 0.717) is 28.5 Å². The molecular formula is C20H19NO5. The van der Waals surface area contributed by atoms with Gasteiger partial charge in [-0.15, -0.1) is 0 Å². The van der Waals surface area contributed by atoms with Gasteiger partial charge < -0.3 is 18.7 Å². The number of esters is 1. The van der Waals surface area contributed by atoms with Crippen LogP contribution in [0.15, 0.2) is 53.1 Å². The number of aryl methyl sites for hydroxylation is 1. The van der Waals surface area contributed by atoms with Crippen molar-refractivity contribution in [2.45, 2.75) is 13.5 Å². The molecule has 6 heteroatoms. The Kier molecular flexibility index (Phi) is 5.22. The van der Waals surface area contributed by atoms with Crippen molar-refractivity contribution in [3.63, 3.8) is 0 Å². The van der Waals surface area contributed by atoms with Gasteiger partial charge in [-0.25, -0.2) is 4.79 Å². The first-order valence-electron chi connectivity index (χ1n) is 8.02. The number of ether oxygens (including phenoxy) is 3. The monoisotopic (exact) mass is 353 g/mol. The van der Waals surface area contributed by atoms with E-state index in [-0.39, 0.29) is 6.61 Å². The molecule has 0 unspecified atom stereocenters. The Morgan fingerprint density at radius 2 is 1.85 bits per heavy atom. The normalized spacial score (nSPS) is 10.4. The van der Waals surface area contributed by atoms with Gasteiger partial charge in [0.2, 0.25) is 0 Å². The van der Waals surface area contributed by atoms with Crippen LogP contribution in [0.3, 0.4) is 0 Å². The van der Waals surface area contributed by atoms with Crippen LogP contribution in [0.4, 0.5) is 0 Å². The minimum atomic E-state index is -0.399. The average molecular weight is 353 g/mol. The summed E-state index contributed by atoms with van der Waals surface area (Å²) in [5.74, 6) is 1.37. The molecule has 0 radical (unpaired) electrons. The highest BCUT2D eigenvalue weighted by atomic mass is 16.5. The standard InChI is InChI=1S/C20H19NO5/c1-13-5-4-6-15(9-13)20(22)25-12-16-11-18(26-21-16)14-7-8-17(23-2)19(10-14)24-3/h4-11H,12H2,1-3H3. The van der Waals surface area contributed by atoms with E-state index in [1.54, 1.807) is 44.6 Å². The summed E-state index contributed by atoms with van der Waals surface area (Å²) in [5.41, 5.74) is 2.81. The average Bonchev–Trinajstić information content (AvgIpc) is 3.14. The maximum atomic E-state index is 12.1. The van der Waals surface area contributed by atoms with E-state index in [2.05, 4.69) is 5.16 Å². The molecule has 0 atom stereocenters. The number of hydrogen-bond acceptors (Lipinski definition) is 6. The number of methoxy groups -OCH3 is 2. The summed E-state index contributed by atoms with van der Waals surface area (Å²) >= 11 is 0. The maximum absolute atomic E-state index is 12.1. The lowest BCUT2D eigenvalue weighted by atomic mass is 10.1. The summed E-state index contributed by atoms with van der Waals surface area (Å²) in [5, 5.41) is 3.95. The Balaban J connectivity index is 1.69. The van der Waals surface area contributed by atoms with Gasteiger partial charge in [-0.1, -0.05) is 22.9 Å². The highest BCUT2D eigenvalue weighted by Crippen LogP contribution is 2.32. The molecule has 0 N–H and O–H groups in total. The van der Waals surface area contributed by atoms with Gasteiger partial charge >= 0.3 is 5.97 Å². The highest BCUT2D eigenvalue weighted by molar-refractivity contribution is 5.89. The number of hydrogen-bond donors (Lipinski definition) is 0. The molecule has 1 aromatic heterocycles. The van der Waals surface area contributed by atoms with E-state index in [1.807, 2.05) is 25.1 Å². The van der Waals surface area contributed by atoms with Crippen molar-refractivity contribution >= 4 is 5.97 Å². The molecule has 0 aliphatic carbocycles. The van der Waals surface area contributed by atoms with Gasteiger partial charge in [0.05, 0.1) is 19.8 Å². The third-order valence-corrected chi connectivity index (χ3v) is 3.83. The van der Waals surface area contributed by atoms with Gasteiger partial charge in [0.25, 0.3) is 0 Å². The number of rotatable bonds is 6. The fourth-order valence-electron chi connectivity index (χ4n) is 2.50. The zero-order valence-electron chi connectivity index (χ0n) is 14.8. The molecule has 0 amide bonds. The number of carbonyl (C=O) groups excluding carboxylic acids is 1. The van der Waals surface area contributed by atoms with Crippen LogP contribution >= 0.6 is 0 Å². The van der Waals surface area contributed by atoms with Crippen molar-refractivity contribution in [1.29, 1.82) is 0 Å². The van der Waals surface area contributed by atoms with Gasteiger partial charge in [0, 0.05) is 11.6 Å². The van der Waals surface area contributed by atoms with E-state index < -0.39 is 5.97 Å². The lowest BCUT2D eigenvalue weighted by Crippen LogP contribution is -2.05. The minimum Gasteiger partial charge on any atom is -0.493 e. The van der Waals surface area contributed by atoms with E-state index >= 15 is 0 Å². The molecule has 6 nitrogen and oxygen atoms in total. The Morgan fingerprint density at radius 1 is 1.04 bits per heavy atom. The quantitative estimate of drug-likeness (QED) is 0.623. The van der Waals surface area contributed by atoms with Crippen LogP contribution in [-0.4, -0.2) is 25.3 Å². The van der Waals surface area contributed by atoms with Crippen molar-refractivity contribution in [2.75, 3.05) is 14.2 Å². The largest absolute Gasteiger partial charge is 0.493 e. The molecule has 0 spiro atoms. The van der Waals surface area contributed by atoms with E-state index in [4.69, 9.17) is 18.7 Å². The Hall–Kier alpha value is -3.28. The van der Waals surface area contributed by atoms with Crippen LogP contribution in [0.1, 0.15) is 21.6 Å². The Morgan fingerprint density at radius 3 is 2.58 bits per heavy atom. The number of nitrogens with zero attached hydrogens (tertiary/aromatic N) is 1. The van der Waals surface area contributed by atoms with E-state index in [1.165, 1.54) is 0 Å². The molecule has 2 aromatic carbocycles. The Bertz CT molecular complexity index is 916. The van der Waals surface area contributed by atoms with Crippen LogP contribution < -0.4 is 9.47 Å². The first-order valence-corrected chi connectivity index (χ1v) is 8.02. The topological polar surface area (TPSA) is 70.8 Å². The molecular weight excluding hydrogens is 334 g/mol. The first kappa shape index (κ1) is 17.5. The smallest absolute Gasteiger partial charge is 0.338 e. The zero-order chi connectivity index (χ0) is 18.5. The molecule has 1 heterocycles. The summed E-state index contributed by atoms with van der Waals surface area (Å²) in [6, 6.07) is 14.4. The van der Waals surface area contributed by atoms with Crippen LogP contribution in [0.5, 0.6) is 11.5 Å². The van der Waals surface area contributed by atoms with Crippen LogP contribution in [0.25, 0.3) is 11.3 Å². The minimum absolute atomic E-state index is 0.0313. The first-order chi connectivity index (χ1) is 12.6. The molecule has 134 valence electrons. The highest BCUT2D eigenvalue weighted by Gasteiger charge is 2.13. The van der Waals surface area contributed by atoms with Crippen molar-refractivity contribution < 1.29 is 23.5 Å². The van der Waals surface area contributed by atoms with Gasteiger partial charge in [0.15, 0.2) is 17.3 Å². The van der Waals surface area contributed by atoms with Crippen LogP contribution in [0.2, 0.25) is 0 Å². The summed E-state index contributed by atoms with van der Waals surface area (Å²) in [4.78, 5) is 12.1. The fraction of sp³-hybridized carbons (Fsp3) is 0.200. The van der Waals surface area contributed by atoms with Gasteiger partial charge in [0.1, 0.15) is 12.3 Å². The summed E-state index contributed by atoms with van der Waals surface area (Å²) in [6.45, 7) is 1.95. The molecule has 0 aliphatic heterocycles. The predicted octanol–water partition coefficient (Wildman–Crippen LogP) is 4.02. The van der Waals surface area contributed by atoms with Crippen LogP contribution in [-0.2, 0) is 11.3 Å². The molecule has 26 heavy (non-hydrogen) atoms. The second kappa shape index (κ2) is 7.74. The molecule has 0 aliphatic rings. The lowest BCUT2D eigenvalue weighted by molar-refractivity contribution is 0.0464. The molecule has 3 aromatic rings. The summed E-state index contributed by atoms with van der Waals surface area (Å²) < 4.78 is 21.1. The molecule has 0 saturated heterocycles. The van der Waals surface area contributed by atoms with E-state index in [9.17, 15) is 4.79 Å². The van der Waals surface area contributed by atoms with Gasteiger partial charge in [-0.3, -0.25) is 0 Å². The van der Waals surface area contributed by atoms with E-state index in [0.717, 1.165) is 11.1 Å². The maximum Gasteiger partial charge on any atom is 0.338 e. The predicted molar refractivity (Wildman–Crippen MR) is 95.3 cm³/mol. The van der Waals surface area contributed by atoms with Gasteiger partial charge in [-0.2, -0.15) is 0 Å². The zero-order valence-corrected chi connectivity index (χ0v) is 14.8. The second-order valence-corrected chi connectivity index (χ2v) is 5.70. The fourth-order valence-corrected chi connectivity index (χ4v) is 2.50. The Labute approximate surface area is 151 Å². The van der Waals surface area contributed by atoms with Crippen LogP contribution in [0, 0.1) is 6.92 Å². The van der Waals surface area contributed by atoms with Crippen molar-refractivity contribution in [3.8, 4) is 22.8 Å². The lowest BCUT2D eigenvalue weighted by Gasteiger charge is -2.07. The SMILES string of the molecule is COc1ccc(-c2cc(COC(=O)c3cccc(C)c3)no2)cc1OC. The third-order valence-electron chi connectivity index (χ3n) is 3.83. The number of aromatic nitrogens is 1.